The maximum Gasteiger partial charge on any atom is 0.460 e. The van der Waals surface area contributed by atoms with E-state index < -0.39 is 58.1 Å². The van der Waals surface area contributed by atoms with E-state index in [9.17, 15) is 65.5 Å². The molecular formula is C8H5F13O3S. The van der Waals surface area contributed by atoms with Crippen molar-refractivity contribution in [3.05, 3.63) is 0 Å². The number of alkyl halides is 13. The zero-order valence-corrected chi connectivity index (χ0v) is 11.8. The summed E-state index contributed by atoms with van der Waals surface area (Å²) in [6.07, 6.45) is -10.5. The fraction of sp³-hybridized carbons (Fsp3) is 1.00. The van der Waals surface area contributed by atoms with Gasteiger partial charge in [0.05, 0.1) is 5.75 Å². The largest absolute Gasteiger partial charge is 0.460 e. The molecule has 0 aliphatic rings. The first kappa shape index (κ1) is 22.0. The molecule has 0 bridgehead atoms. The Labute approximate surface area is 131 Å². The predicted molar refractivity (Wildman–Crippen MR) is 51.8 cm³/mol. The van der Waals surface area contributed by atoms with Crippen LogP contribution in [0.2, 0.25) is 0 Å². The smallest absolute Gasteiger partial charge is 0.286 e. The van der Waals surface area contributed by atoms with Crippen LogP contribution in [-0.4, -0.2) is 54.5 Å². The number of hydrogen-bond donors (Lipinski definition) is 1. The summed E-state index contributed by atoms with van der Waals surface area (Å²) in [6, 6.07) is 0. The maximum absolute atomic E-state index is 13.1. The molecule has 3 nitrogen and oxygen atoms in total. The molecule has 0 spiro atoms. The summed E-state index contributed by atoms with van der Waals surface area (Å²) in [5.41, 5.74) is 0. The third kappa shape index (κ3) is 3.90. The molecule has 152 valence electrons. The minimum absolute atomic E-state index is 2.35. The average molecular weight is 429 g/mol. The van der Waals surface area contributed by atoms with E-state index in [0.29, 0.717) is 0 Å². The summed E-state index contributed by atoms with van der Waals surface area (Å²) in [4.78, 5) is 0. The van der Waals surface area contributed by atoms with Crippen molar-refractivity contribution in [1.82, 2.24) is 0 Å². The molecule has 0 radical (unpaired) electrons. The molecule has 0 saturated carbocycles. The summed E-state index contributed by atoms with van der Waals surface area (Å²) in [6.45, 7) is 0. The monoisotopic (exact) mass is 429 g/mol. The van der Waals surface area contributed by atoms with Gasteiger partial charge in [0.2, 0.25) is 1.43 Å². The molecule has 0 aromatic heterocycles. The van der Waals surface area contributed by atoms with Gasteiger partial charge in [-0.1, -0.05) is 0 Å². The summed E-state index contributed by atoms with van der Waals surface area (Å²) < 4.78 is 194. The second-order valence-corrected chi connectivity index (χ2v) is 6.04. The van der Waals surface area contributed by atoms with Crippen molar-refractivity contribution in [2.75, 3.05) is 5.75 Å². The van der Waals surface area contributed by atoms with E-state index in [1.54, 1.807) is 0 Å². The normalized spacial score (nSPS) is 16.8. The molecule has 0 fully saturated rings. The molecule has 0 aromatic carbocycles. The second-order valence-electron chi connectivity index (χ2n) is 4.51. The number of halogens is 13. The Morgan fingerprint density at radius 3 is 1.36 bits per heavy atom. The maximum atomic E-state index is 13.1. The van der Waals surface area contributed by atoms with Crippen molar-refractivity contribution in [2.45, 2.75) is 42.2 Å². The first-order chi connectivity index (χ1) is 11.0. The van der Waals surface area contributed by atoms with Gasteiger partial charge in [-0.2, -0.15) is 65.5 Å². The van der Waals surface area contributed by atoms with Gasteiger partial charge in [0.15, 0.2) is 0 Å². The van der Waals surface area contributed by atoms with E-state index in [-0.39, 0.29) is 0 Å². The summed E-state index contributed by atoms with van der Waals surface area (Å²) >= 11 is 0. The predicted octanol–water partition coefficient (Wildman–Crippen LogP) is 4.00. The Kier molecular flexibility index (Phi) is 5.31. The summed E-state index contributed by atoms with van der Waals surface area (Å²) in [5.74, 6) is -40.3. The van der Waals surface area contributed by atoms with Gasteiger partial charge in [0, 0.05) is 6.42 Å². The first-order valence-electron chi connectivity index (χ1n) is 5.76. The highest BCUT2D eigenvalue weighted by molar-refractivity contribution is 7.85. The van der Waals surface area contributed by atoms with Gasteiger partial charge in [0.1, 0.15) is 0 Å². The molecule has 1 N–H and O–H groups in total. The highest BCUT2D eigenvalue weighted by atomic mass is 32.2. The van der Waals surface area contributed by atoms with Crippen LogP contribution in [0.4, 0.5) is 57.1 Å². The lowest BCUT2D eigenvalue weighted by Crippen LogP contribution is -2.70. The van der Waals surface area contributed by atoms with E-state index in [4.69, 9.17) is 1.43 Å². The van der Waals surface area contributed by atoms with Crippen molar-refractivity contribution < 1.29 is 70.0 Å². The number of hydrogen-bond acceptors (Lipinski definition) is 3. The molecule has 0 rings (SSSR count). The number of rotatable bonds is 8. The minimum atomic E-state index is -8.05. The average Bonchev–Trinajstić information content (AvgIpc) is 2.43. The lowest BCUT2D eigenvalue weighted by atomic mass is 9.93. The van der Waals surface area contributed by atoms with Crippen molar-refractivity contribution in [2.24, 2.45) is 0 Å². The molecule has 0 atom stereocenters. The zero-order chi connectivity index (χ0) is 21.6. The van der Waals surface area contributed by atoms with Crippen molar-refractivity contribution >= 4 is 10.1 Å². The second kappa shape index (κ2) is 6.02. The SMILES string of the molecule is [2H]OS(=O)(=O)CCC(F)(F)C(F)(F)C(F)(F)C(F)(F)C(F)(F)C(F)(F)F. The molecule has 0 aliphatic carbocycles. The molecule has 0 aromatic rings. The Morgan fingerprint density at radius 1 is 0.680 bits per heavy atom. The van der Waals surface area contributed by atoms with E-state index in [0.717, 1.165) is 0 Å². The van der Waals surface area contributed by atoms with Gasteiger partial charge in [-0.3, -0.25) is 4.56 Å². The zero-order valence-electron chi connectivity index (χ0n) is 12.0. The van der Waals surface area contributed by atoms with Crippen molar-refractivity contribution in [3.63, 3.8) is 0 Å². The van der Waals surface area contributed by atoms with E-state index in [1.807, 2.05) is 0 Å². The summed E-state index contributed by atoms with van der Waals surface area (Å²) in [5, 5.41) is 0. The van der Waals surface area contributed by atoms with Crippen LogP contribution in [0.3, 0.4) is 0 Å². The van der Waals surface area contributed by atoms with Crippen LogP contribution in [0.1, 0.15) is 6.42 Å². The quantitative estimate of drug-likeness (QED) is 0.469. The van der Waals surface area contributed by atoms with Gasteiger partial charge in [0.25, 0.3) is 10.1 Å². The van der Waals surface area contributed by atoms with Gasteiger partial charge in [-0.25, -0.2) is 0 Å². The Hall–Kier alpha value is -1.00. The van der Waals surface area contributed by atoms with Crippen LogP contribution in [0.25, 0.3) is 1.43 Å². The third-order valence-electron chi connectivity index (χ3n) is 2.66. The van der Waals surface area contributed by atoms with E-state index >= 15 is 0 Å². The molecule has 0 unspecified atom stereocenters. The van der Waals surface area contributed by atoms with E-state index in [2.05, 4.69) is 4.56 Å². The van der Waals surface area contributed by atoms with Crippen LogP contribution in [0.5, 0.6) is 0 Å². The van der Waals surface area contributed by atoms with E-state index in [1.165, 1.54) is 0 Å². The topological polar surface area (TPSA) is 54.4 Å². The fourth-order valence-corrected chi connectivity index (χ4v) is 1.72. The van der Waals surface area contributed by atoms with Crippen LogP contribution in [0, 0.1) is 0 Å². The highest BCUT2D eigenvalue weighted by Gasteiger charge is 2.90. The third-order valence-corrected chi connectivity index (χ3v) is 3.37. The standard InChI is InChI=1S/C8H5F13O3S/c9-3(10,1-2-25(22,23)24)4(11,12)5(13,14)6(15,16)7(17,18)8(19,20)21/h1-2H2,(H,22,23,24)/i/hD. The molecular weight excluding hydrogens is 423 g/mol. The Morgan fingerprint density at radius 2 is 1.04 bits per heavy atom. The molecule has 0 aliphatic heterocycles. The fourth-order valence-electron chi connectivity index (χ4n) is 1.21. The van der Waals surface area contributed by atoms with Crippen molar-refractivity contribution in [3.8, 4) is 0 Å². The lowest BCUT2D eigenvalue weighted by Gasteiger charge is -2.39. The van der Waals surface area contributed by atoms with Gasteiger partial charge < -0.3 is 0 Å². The highest BCUT2D eigenvalue weighted by Crippen LogP contribution is 2.60. The van der Waals surface area contributed by atoms with Gasteiger partial charge in [-0.05, 0) is 0 Å². The van der Waals surface area contributed by atoms with Crippen molar-refractivity contribution in [1.29, 1.82) is 1.43 Å². The van der Waals surface area contributed by atoms with Crippen LogP contribution >= 0.6 is 0 Å². The lowest BCUT2D eigenvalue weighted by molar-refractivity contribution is -0.439. The first-order valence-corrected chi connectivity index (χ1v) is 6.93. The van der Waals surface area contributed by atoms with Gasteiger partial charge >= 0.3 is 35.8 Å². The van der Waals surface area contributed by atoms with Crippen LogP contribution in [0.15, 0.2) is 0 Å². The molecule has 17 heteroatoms. The molecule has 0 saturated heterocycles. The Balaban J connectivity index is 6.08. The molecule has 0 heterocycles. The summed E-state index contributed by atoms with van der Waals surface area (Å²) in [7, 11) is -5.35. The Bertz CT molecular complexity index is 611. The minimum Gasteiger partial charge on any atom is -0.286 e. The molecule has 0 amide bonds. The molecule has 25 heavy (non-hydrogen) atoms. The van der Waals surface area contributed by atoms with Gasteiger partial charge in [-0.15, -0.1) is 0 Å². The van der Waals surface area contributed by atoms with Crippen LogP contribution in [-0.2, 0) is 10.1 Å². The van der Waals surface area contributed by atoms with Crippen LogP contribution < -0.4 is 0 Å².